The minimum atomic E-state index is -0.149. The molecule has 0 saturated heterocycles. The number of methoxy groups -OCH3 is 2. The van der Waals surface area contributed by atoms with Gasteiger partial charge in [0, 0.05) is 11.3 Å². The minimum absolute atomic E-state index is 0.149. The zero-order valence-corrected chi connectivity index (χ0v) is 18.2. The lowest BCUT2D eigenvalue weighted by Gasteiger charge is -2.13. The first-order valence-corrected chi connectivity index (χ1v) is 10.1. The van der Waals surface area contributed by atoms with Crippen LogP contribution in [0.5, 0.6) is 11.5 Å². The van der Waals surface area contributed by atoms with Crippen LogP contribution >= 0.6 is 11.6 Å². The Balaban J connectivity index is 1.55. The van der Waals surface area contributed by atoms with Crippen LogP contribution in [0.25, 0.3) is 22.4 Å². The van der Waals surface area contributed by atoms with Crippen LogP contribution in [0.3, 0.4) is 0 Å². The third-order valence-corrected chi connectivity index (χ3v) is 5.31. The predicted octanol–water partition coefficient (Wildman–Crippen LogP) is 5.39. The molecule has 2 N–H and O–H groups in total. The number of halogens is 1. The maximum absolute atomic E-state index is 12.7. The quantitative estimate of drug-likeness (QED) is 0.425. The summed E-state index contributed by atoms with van der Waals surface area (Å²) in [5, 5.41) is 3.48. The molecular formula is C24H22ClN3O3. The Kier molecular flexibility index (Phi) is 5.82. The SMILES string of the molecule is COc1cc(CC(=O)Nc2ccc(Cl)c(-c3nc4ccccc4[nH]3)c2)cc(C)c1OC. The Morgan fingerprint density at radius 2 is 1.90 bits per heavy atom. The van der Waals surface area contributed by atoms with Gasteiger partial charge in [-0.05, 0) is 54.4 Å². The highest BCUT2D eigenvalue weighted by Gasteiger charge is 2.14. The van der Waals surface area contributed by atoms with E-state index in [9.17, 15) is 4.79 Å². The largest absolute Gasteiger partial charge is 0.493 e. The molecule has 0 aliphatic carbocycles. The summed E-state index contributed by atoms with van der Waals surface area (Å²) in [6.07, 6.45) is 0.198. The zero-order valence-electron chi connectivity index (χ0n) is 17.5. The smallest absolute Gasteiger partial charge is 0.228 e. The van der Waals surface area contributed by atoms with Crippen LogP contribution in [0.1, 0.15) is 11.1 Å². The van der Waals surface area contributed by atoms with E-state index in [1.54, 1.807) is 26.4 Å². The van der Waals surface area contributed by atoms with E-state index in [4.69, 9.17) is 21.1 Å². The number of benzene rings is 3. The summed E-state index contributed by atoms with van der Waals surface area (Å²) in [6, 6.07) is 16.8. The molecule has 1 aromatic heterocycles. The standard InChI is InChI=1S/C24H22ClN3O3/c1-14-10-15(11-21(30-2)23(14)31-3)12-22(29)26-16-8-9-18(25)17(13-16)24-27-19-6-4-5-7-20(19)28-24/h4-11,13H,12H2,1-3H3,(H,26,29)(H,27,28). The molecule has 0 aliphatic heterocycles. The first-order chi connectivity index (χ1) is 15.0. The number of aromatic amines is 1. The fourth-order valence-electron chi connectivity index (χ4n) is 3.58. The molecule has 0 saturated carbocycles. The first-order valence-electron chi connectivity index (χ1n) is 9.74. The molecule has 0 spiro atoms. The van der Waals surface area contributed by atoms with Gasteiger partial charge in [-0.3, -0.25) is 4.79 Å². The second kappa shape index (κ2) is 8.70. The van der Waals surface area contributed by atoms with Crippen molar-refractivity contribution >= 4 is 34.2 Å². The lowest BCUT2D eigenvalue weighted by Crippen LogP contribution is -2.14. The van der Waals surface area contributed by atoms with Gasteiger partial charge in [0.25, 0.3) is 0 Å². The Hall–Kier alpha value is -3.51. The summed E-state index contributed by atoms with van der Waals surface area (Å²) < 4.78 is 10.7. The summed E-state index contributed by atoms with van der Waals surface area (Å²) in [7, 11) is 3.17. The molecule has 0 radical (unpaired) electrons. The molecule has 31 heavy (non-hydrogen) atoms. The molecule has 7 heteroatoms. The number of nitrogens with one attached hydrogen (secondary N) is 2. The molecule has 1 heterocycles. The van der Waals surface area contributed by atoms with Gasteiger partial charge < -0.3 is 19.8 Å². The Bertz CT molecular complexity index is 1230. The van der Waals surface area contributed by atoms with Crippen LogP contribution in [0.15, 0.2) is 54.6 Å². The number of hydrogen-bond acceptors (Lipinski definition) is 4. The molecule has 4 aromatic rings. The van der Waals surface area contributed by atoms with E-state index in [0.29, 0.717) is 28.0 Å². The van der Waals surface area contributed by atoms with Crippen molar-refractivity contribution in [2.24, 2.45) is 0 Å². The lowest BCUT2D eigenvalue weighted by atomic mass is 10.1. The normalized spacial score (nSPS) is 10.8. The van der Waals surface area contributed by atoms with Crippen LogP contribution in [-0.4, -0.2) is 30.1 Å². The summed E-state index contributed by atoms with van der Waals surface area (Å²) in [4.78, 5) is 20.5. The average molecular weight is 436 g/mol. The number of aryl methyl sites for hydroxylation is 1. The molecule has 0 fully saturated rings. The fourth-order valence-corrected chi connectivity index (χ4v) is 3.79. The van der Waals surface area contributed by atoms with Crippen molar-refractivity contribution in [1.29, 1.82) is 0 Å². The van der Waals surface area contributed by atoms with Crippen LogP contribution in [0.4, 0.5) is 5.69 Å². The summed E-state index contributed by atoms with van der Waals surface area (Å²) in [6.45, 7) is 1.92. The van der Waals surface area contributed by atoms with E-state index < -0.39 is 0 Å². The van der Waals surface area contributed by atoms with Crippen LogP contribution in [0, 0.1) is 6.92 Å². The number of carbonyl (C=O) groups excluding carboxylic acids is 1. The zero-order chi connectivity index (χ0) is 22.0. The van der Waals surface area contributed by atoms with Crippen molar-refractivity contribution < 1.29 is 14.3 Å². The lowest BCUT2D eigenvalue weighted by molar-refractivity contribution is -0.115. The molecule has 0 aliphatic rings. The van der Waals surface area contributed by atoms with E-state index in [1.807, 2.05) is 49.4 Å². The van der Waals surface area contributed by atoms with E-state index in [2.05, 4.69) is 15.3 Å². The number of anilines is 1. The molecular weight excluding hydrogens is 414 g/mol. The highest BCUT2D eigenvalue weighted by molar-refractivity contribution is 6.33. The maximum atomic E-state index is 12.7. The van der Waals surface area contributed by atoms with E-state index >= 15 is 0 Å². The van der Waals surface area contributed by atoms with Gasteiger partial charge in [0.2, 0.25) is 5.91 Å². The number of H-pyrrole nitrogens is 1. The number of rotatable bonds is 6. The molecule has 3 aromatic carbocycles. The molecule has 6 nitrogen and oxygen atoms in total. The van der Waals surface area contributed by atoms with E-state index in [0.717, 1.165) is 27.7 Å². The van der Waals surface area contributed by atoms with Crippen LogP contribution in [0.2, 0.25) is 5.02 Å². The number of imidazole rings is 1. The summed E-state index contributed by atoms with van der Waals surface area (Å²) >= 11 is 6.41. The van der Waals surface area contributed by atoms with Crippen molar-refractivity contribution in [2.75, 3.05) is 19.5 Å². The number of amides is 1. The second-order valence-electron chi connectivity index (χ2n) is 7.17. The van der Waals surface area contributed by atoms with Gasteiger partial charge in [0.1, 0.15) is 5.82 Å². The molecule has 0 unspecified atom stereocenters. The molecule has 1 amide bonds. The van der Waals surface area contributed by atoms with Gasteiger partial charge in [-0.2, -0.15) is 0 Å². The number of nitrogens with zero attached hydrogens (tertiary/aromatic N) is 1. The number of carbonyl (C=O) groups is 1. The second-order valence-corrected chi connectivity index (χ2v) is 7.58. The number of para-hydroxylation sites is 2. The maximum Gasteiger partial charge on any atom is 0.228 e. The number of hydrogen-bond donors (Lipinski definition) is 2. The first kappa shape index (κ1) is 20.8. The van der Waals surface area contributed by atoms with Gasteiger partial charge in [-0.1, -0.05) is 29.8 Å². The van der Waals surface area contributed by atoms with Crippen molar-refractivity contribution in [3.8, 4) is 22.9 Å². The van der Waals surface area contributed by atoms with Gasteiger partial charge in [0.15, 0.2) is 11.5 Å². The highest BCUT2D eigenvalue weighted by Crippen LogP contribution is 2.33. The molecule has 0 bridgehead atoms. The summed E-state index contributed by atoms with van der Waals surface area (Å²) in [5.74, 6) is 1.77. The third kappa shape index (κ3) is 4.34. The Morgan fingerprint density at radius 1 is 1.10 bits per heavy atom. The highest BCUT2D eigenvalue weighted by atomic mass is 35.5. The van der Waals surface area contributed by atoms with E-state index in [-0.39, 0.29) is 12.3 Å². The monoisotopic (exact) mass is 435 g/mol. The van der Waals surface area contributed by atoms with Crippen LogP contribution in [-0.2, 0) is 11.2 Å². The van der Waals surface area contributed by atoms with Gasteiger partial charge in [0.05, 0.1) is 36.7 Å². The number of fused-ring (bicyclic) bond motifs is 1. The molecule has 158 valence electrons. The van der Waals surface area contributed by atoms with Crippen molar-refractivity contribution in [3.05, 3.63) is 70.7 Å². The van der Waals surface area contributed by atoms with Gasteiger partial charge >= 0.3 is 0 Å². The number of aromatic nitrogens is 2. The van der Waals surface area contributed by atoms with Crippen molar-refractivity contribution in [3.63, 3.8) is 0 Å². The van der Waals surface area contributed by atoms with Gasteiger partial charge in [-0.25, -0.2) is 4.98 Å². The van der Waals surface area contributed by atoms with Gasteiger partial charge in [-0.15, -0.1) is 0 Å². The average Bonchev–Trinajstić information content (AvgIpc) is 3.18. The third-order valence-electron chi connectivity index (χ3n) is 4.98. The fraction of sp³-hybridized carbons (Fsp3) is 0.167. The summed E-state index contributed by atoms with van der Waals surface area (Å²) in [5.41, 5.74) is 4.88. The predicted molar refractivity (Wildman–Crippen MR) is 123 cm³/mol. The van der Waals surface area contributed by atoms with Crippen LogP contribution < -0.4 is 14.8 Å². The van der Waals surface area contributed by atoms with Crippen molar-refractivity contribution in [2.45, 2.75) is 13.3 Å². The molecule has 4 rings (SSSR count). The Morgan fingerprint density at radius 3 is 2.65 bits per heavy atom. The minimum Gasteiger partial charge on any atom is -0.493 e. The molecule has 0 atom stereocenters. The number of ether oxygens (including phenoxy) is 2. The topological polar surface area (TPSA) is 76.2 Å². The van der Waals surface area contributed by atoms with E-state index in [1.165, 1.54) is 0 Å². The van der Waals surface area contributed by atoms with Crippen molar-refractivity contribution in [1.82, 2.24) is 9.97 Å². The Labute approximate surface area is 185 Å².